The smallest absolute Gasteiger partial charge is 0.00719 e. The minimum atomic E-state index is 0.934. The van der Waals surface area contributed by atoms with Crippen molar-refractivity contribution < 1.29 is 0 Å². The molecular formula is C13H21NS2. The average molecular weight is 255 g/mol. The molecule has 0 aromatic heterocycles. The number of unbranched alkanes of at least 4 members (excludes halogenated alkanes) is 2. The lowest BCUT2D eigenvalue weighted by Gasteiger charge is -2.03. The highest BCUT2D eigenvalue weighted by molar-refractivity contribution is 7.99. The molecule has 3 heteroatoms. The molecule has 0 aliphatic carbocycles. The molecule has 0 saturated heterocycles. The Morgan fingerprint density at radius 3 is 2.56 bits per heavy atom. The van der Waals surface area contributed by atoms with Crippen LogP contribution >= 0.6 is 24.4 Å². The van der Waals surface area contributed by atoms with Crippen LogP contribution in [0.5, 0.6) is 0 Å². The van der Waals surface area contributed by atoms with E-state index in [2.05, 4.69) is 48.3 Å². The number of thiol groups is 1. The molecule has 1 aromatic rings. The van der Waals surface area contributed by atoms with E-state index in [4.69, 9.17) is 0 Å². The van der Waals surface area contributed by atoms with E-state index in [1.165, 1.54) is 29.9 Å². The van der Waals surface area contributed by atoms with E-state index in [9.17, 15) is 0 Å². The van der Waals surface area contributed by atoms with Gasteiger partial charge >= 0.3 is 0 Å². The van der Waals surface area contributed by atoms with Crippen LogP contribution < -0.4 is 5.32 Å². The summed E-state index contributed by atoms with van der Waals surface area (Å²) < 4.78 is 0. The van der Waals surface area contributed by atoms with Crippen molar-refractivity contribution in [1.29, 1.82) is 0 Å². The molecule has 0 bridgehead atoms. The molecule has 1 rings (SSSR count). The maximum atomic E-state index is 4.15. The van der Waals surface area contributed by atoms with Crippen LogP contribution in [-0.2, 0) is 0 Å². The van der Waals surface area contributed by atoms with Gasteiger partial charge in [-0.2, -0.15) is 12.6 Å². The van der Waals surface area contributed by atoms with Gasteiger partial charge in [0.2, 0.25) is 0 Å². The van der Waals surface area contributed by atoms with Crippen LogP contribution in [0.2, 0.25) is 0 Å². The van der Waals surface area contributed by atoms with Gasteiger partial charge in [0, 0.05) is 17.2 Å². The van der Waals surface area contributed by atoms with Crippen molar-refractivity contribution in [2.75, 3.05) is 24.6 Å². The summed E-state index contributed by atoms with van der Waals surface area (Å²) in [6, 6.07) is 10.6. The number of hydrogen-bond donors (Lipinski definition) is 2. The van der Waals surface area contributed by atoms with Crippen molar-refractivity contribution in [3.8, 4) is 0 Å². The van der Waals surface area contributed by atoms with Gasteiger partial charge in [0.1, 0.15) is 0 Å². The van der Waals surface area contributed by atoms with Gasteiger partial charge in [0.05, 0.1) is 0 Å². The number of benzene rings is 1. The first-order valence-corrected chi connectivity index (χ1v) is 7.54. The second-order valence-corrected chi connectivity index (χ2v) is 5.31. The fourth-order valence-electron chi connectivity index (χ4n) is 1.44. The number of thioether (sulfide) groups is 1. The van der Waals surface area contributed by atoms with Crippen LogP contribution in [0.25, 0.3) is 0 Å². The molecule has 0 atom stereocenters. The highest BCUT2D eigenvalue weighted by atomic mass is 32.2. The molecule has 0 fully saturated rings. The highest BCUT2D eigenvalue weighted by Crippen LogP contribution is 2.18. The third kappa shape index (κ3) is 7.20. The lowest BCUT2D eigenvalue weighted by atomic mass is 10.2. The summed E-state index contributed by atoms with van der Waals surface area (Å²) in [7, 11) is 0. The van der Waals surface area contributed by atoms with Crippen molar-refractivity contribution >= 4 is 24.4 Å². The Morgan fingerprint density at radius 1 is 1.00 bits per heavy atom. The highest BCUT2D eigenvalue weighted by Gasteiger charge is 1.93. The van der Waals surface area contributed by atoms with E-state index < -0.39 is 0 Å². The summed E-state index contributed by atoms with van der Waals surface area (Å²) in [5.74, 6) is 2.17. The van der Waals surface area contributed by atoms with Crippen LogP contribution in [0.1, 0.15) is 19.3 Å². The molecule has 90 valence electrons. The van der Waals surface area contributed by atoms with E-state index >= 15 is 0 Å². The zero-order valence-corrected chi connectivity index (χ0v) is 11.4. The Balaban J connectivity index is 1.89. The van der Waals surface area contributed by atoms with Gasteiger partial charge in [-0.15, -0.1) is 11.8 Å². The SMILES string of the molecule is SCCNCCCCCSc1ccccc1. The largest absolute Gasteiger partial charge is 0.316 e. The summed E-state index contributed by atoms with van der Waals surface area (Å²) >= 11 is 6.11. The summed E-state index contributed by atoms with van der Waals surface area (Å²) in [6.45, 7) is 2.17. The Kier molecular flexibility index (Phi) is 8.77. The molecule has 16 heavy (non-hydrogen) atoms. The molecular weight excluding hydrogens is 234 g/mol. The summed E-state index contributed by atoms with van der Waals surface area (Å²) in [5, 5.41) is 3.36. The van der Waals surface area contributed by atoms with Crippen molar-refractivity contribution in [3.05, 3.63) is 30.3 Å². The second-order valence-electron chi connectivity index (χ2n) is 3.70. The molecule has 0 amide bonds. The Hall–Kier alpha value is -0.120. The molecule has 1 N–H and O–H groups in total. The predicted molar refractivity (Wildman–Crippen MR) is 77.7 cm³/mol. The molecule has 0 aliphatic rings. The molecule has 1 aromatic carbocycles. The Bertz CT molecular complexity index is 251. The van der Waals surface area contributed by atoms with E-state index in [1.54, 1.807) is 0 Å². The van der Waals surface area contributed by atoms with Crippen LogP contribution in [0.15, 0.2) is 35.2 Å². The summed E-state index contributed by atoms with van der Waals surface area (Å²) in [6.07, 6.45) is 3.91. The van der Waals surface area contributed by atoms with Gasteiger partial charge in [0.25, 0.3) is 0 Å². The van der Waals surface area contributed by atoms with Crippen LogP contribution in [0.3, 0.4) is 0 Å². The normalized spacial score (nSPS) is 10.6. The van der Waals surface area contributed by atoms with Gasteiger partial charge in [-0.1, -0.05) is 24.6 Å². The monoisotopic (exact) mass is 255 g/mol. The van der Waals surface area contributed by atoms with E-state index in [1.807, 2.05) is 11.8 Å². The van der Waals surface area contributed by atoms with Gasteiger partial charge < -0.3 is 5.32 Å². The van der Waals surface area contributed by atoms with Gasteiger partial charge in [-0.25, -0.2) is 0 Å². The van der Waals surface area contributed by atoms with Crippen LogP contribution in [0, 0.1) is 0 Å². The maximum Gasteiger partial charge on any atom is 0.00719 e. The molecule has 1 nitrogen and oxygen atoms in total. The fourth-order valence-corrected chi connectivity index (χ4v) is 2.53. The molecule has 0 heterocycles. The van der Waals surface area contributed by atoms with Crippen molar-refractivity contribution in [2.24, 2.45) is 0 Å². The quantitative estimate of drug-likeness (QED) is 0.398. The van der Waals surface area contributed by atoms with E-state index in [0.29, 0.717) is 0 Å². The van der Waals surface area contributed by atoms with Crippen molar-refractivity contribution in [2.45, 2.75) is 24.2 Å². The number of rotatable bonds is 9. The first-order valence-electron chi connectivity index (χ1n) is 5.93. The zero-order valence-electron chi connectivity index (χ0n) is 9.69. The Morgan fingerprint density at radius 2 is 1.81 bits per heavy atom. The fraction of sp³-hybridized carbons (Fsp3) is 0.538. The number of hydrogen-bond acceptors (Lipinski definition) is 3. The third-order valence-corrected chi connectivity index (χ3v) is 3.62. The average Bonchev–Trinajstić information content (AvgIpc) is 2.34. The molecule has 0 spiro atoms. The summed E-state index contributed by atoms with van der Waals surface area (Å²) in [4.78, 5) is 1.38. The first-order chi connectivity index (χ1) is 7.93. The van der Waals surface area contributed by atoms with E-state index in [0.717, 1.165) is 18.8 Å². The molecule has 0 unspecified atom stereocenters. The molecule has 0 saturated carbocycles. The lowest BCUT2D eigenvalue weighted by molar-refractivity contribution is 0.638. The minimum Gasteiger partial charge on any atom is -0.316 e. The zero-order chi connectivity index (χ0) is 11.5. The predicted octanol–water partition coefficient (Wildman–Crippen LogP) is 3.47. The number of nitrogens with one attached hydrogen (secondary N) is 1. The van der Waals surface area contributed by atoms with Gasteiger partial charge in [0.15, 0.2) is 0 Å². The Labute approximate surface area is 109 Å². The standard InChI is InChI=1S/C13H21NS2/c15-11-10-14-9-5-2-6-12-16-13-7-3-1-4-8-13/h1,3-4,7-8,14-15H,2,5-6,9-12H2. The van der Waals surface area contributed by atoms with Crippen molar-refractivity contribution in [1.82, 2.24) is 5.32 Å². The van der Waals surface area contributed by atoms with Gasteiger partial charge in [-0.3, -0.25) is 0 Å². The van der Waals surface area contributed by atoms with Crippen LogP contribution in [-0.4, -0.2) is 24.6 Å². The molecule has 0 radical (unpaired) electrons. The maximum absolute atomic E-state index is 4.15. The lowest BCUT2D eigenvalue weighted by Crippen LogP contribution is -2.17. The van der Waals surface area contributed by atoms with Crippen LogP contribution in [0.4, 0.5) is 0 Å². The topological polar surface area (TPSA) is 12.0 Å². The van der Waals surface area contributed by atoms with E-state index in [-0.39, 0.29) is 0 Å². The second kappa shape index (κ2) is 10.1. The third-order valence-electron chi connectivity index (χ3n) is 2.30. The van der Waals surface area contributed by atoms with Crippen molar-refractivity contribution in [3.63, 3.8) is 0 Å². The molecule has 0 aliphatic heterocycles. The first kappa shape index (κ1) is 13.9. The van der Waals surface area contributed by atoms with Gasteiger partial charge in [-0.05, 0) is 37.3 Å². The summed E-state index contributed by atoms with van der Waals surface area (Å²) in [5.41, 5.74) is 0. The minimum absolute atomic E-state index is 0.934.